The summed E-state index contributed by atoms with van der Waals surface area (Å²) in [4.78, 5) is 2.43. The highest BCUT2D eigenvalue weighted by Gasteiger charge is 2.73. The molecule has 1 aromatic heterocycles. The van der Waals surface area contributed by atoms with E-state index in [1.807, 2.05) is 0 Å². The van der Waals surface area contributed by atoms with Gasteiger partial charge in [0.15, 0.2) is 0 Å². The molecule has 0 aliphatic heterocycles. The first-order valence-corrected chi connectivity index (χ1v) is 4.97. The molecule has 2 rings (SSSR count). The number of H-pyrrole nitrogens is 1. The summed E-state index contributed by atoms with van der Waals surface area (Å²) >= 11 is 0. The summed E-state index contributed by atoms with van der Waals surface area (Å²) < 4.78 is 88.7. The van der Waals surface area contributed by atoms with Crippen LogP contribution in [0.15, 0.2) is 30.5 Å². The van der Waals surface area contributed by atoms with E-state index in [1.165, 1.54) is 12.3 Å². The van der Waals surface area contributed by atoms with Crippen LogP contribution in [0.25, 0.3) is 10.9 Å². The first-order valence-electron chi connectivity index (χ1n) is 4.97. The molecule has 1 N–H and O–H groups in total. The van der Waals surface area contributed by atoms with E-state index in [0.29, 0.717) is 17.5 Å². The van der Waals surface area contributed by atoms with Crippen LogP contribution in [0.5, 0.6) is 0 Å². The van der Waals surface area contributed by atoms with Gasteiger partial charge in [0.2, 0.25) is 0 Å². The van der Waals surface area contributed by atoms with Gasteiger partial charge >= 0.3 is 18.0 Å². The van der Waals surface area contributed by atoms with Gasteiger partial charge in [0.25, 0.3) is 0 Å². The number of alkyl halides is 7. The lowest BCUT2D eigenvalue weighted by Crippen LogP contribution is -2.50. The lowest BCUT2D eigenvalue weighted by molar-refractivity contribution is -0.348. The van der Waals surface area contributed by atoms with Crippen LogP contribution in [0.1, 0.15) is 5.56 Å². The molecule has 0 unspecified atom stereocenters. The maximum Gasteiger partial charge on any atom is 0.435 e. The Morgan fingerprint density at radius 3 is 1.89 bits per heavy atom. The first-order chi connectivity index (χ1) is 8.57. The van der Waals surface area contributed by atoms with Crippen molar-refractivity contribution in [3.63, 3.8) is 0 Å². The van der Waals surface area contributed by atoms with E-state index in [9.17, 15) is 30.7 Å². The molecule has 0 saturated carbocycles. The van der Waals surface area contributed by atoms with Gasteiger partial charge in [-0.05, 0) is 17.5 Å². The van der Waals surface area contributed by atoms with Gasteiger partial charge in [0, 0.05) is 17.3 Å². The highest BCUT2D eigenvalue weighted by molar-refractivity contribution is 5.80. The second-order valence-corrected chi connectivity index (χ2v) is 3.93. The Balaban J connectivity index is 2.68. The first kappa shape index (κ1) is 13.7. The maximum atomic E-state index is 13.7. The van der Waals surface area contributed by atoms with Crippen molar-refractivity contribution in [3.8, 4) is 0 Å². The Hall–Kier alpha value is -1.73. The second kappa shape index (κ2) is 3.88. The SMILES string of the molecule is FC(F)(F)C(F)(c1ccc2cc[nH]c2c1)C(F)(F)F. The molecule has 1 aromatic carbocycles. The monoisotopic (exact) mass is 285 g/mol. The predicted octanol–water partition coefficient (Wildman–Crippen LogP) is 4.46. The summed E-state index contributed by atoms with van der Waals surface area (Å²) in [7, 11) is 0. The topological polar surface area (TPSA) is 15.8 Å². The van der Waals surface area contributed by atoms with Crippen molar-refractivity contribution in [2.75, 3.05) is 0 Å². The molecule has 1 heterocycles. The van der Waals surface area contributed by atoms with Crippen LogP contribution >= 0.6 is 0 Å². The standard InChI is InChI=1S/C11H6F7N/c12-9(10(13,14)15,11(16,17)18)7-2-1-6-3-4-19-8(6)5-7/h1-5,19H. The highest BCUT2D eigenvalue weighted by atomic mass is 19.4. The van der Waals surface area contributed by atoms with Crippen LogP contribution in [0.2, 0.25) is 0 Å². The lowest BCUT2D eigenvalue weighted by atomic mass is 9.93. The predicted molar refractivity (Wildman–Crippen MR) is 53.2 cm³/mol. The Bertz CT molecular complexity index is 579. The number of benzene rings is 1. The van der Waals surface area contributed by atoms with Gasteiger partial charge in [-0.3, -0.25) is 0 Å². The van der Waals surface area contributed by atoms with E-state index in [2.05, 4.69) is 4.98 Å². The number of halogens is 7. The van der Waals surface area contributed by atoms with Crippen LogP contribution in [-0.4, -0.2) is 17.3 Å². The molecule has 0 aliphatic rings. The van der Waals surface area contributed by atoms with Gasteiger partial charge in [-0.25, -0.2) is 4.39 Å². The molecule has 104 valence electrons. The minimum atomic E-state index is -6.09. The van der Waals surface area contributed by atoms with Crippen LogP contribution in [-0.2, 0) is 5.67 Å². The largest absolute Gasteiger partial charge is 0.435 e. The second-order valence-electron chi connectivity index (χ2n) is 3.93. The van der Waals surface area contributed by atoms with Crippen LogP contribution < -0.4 is 0 Å². The quantitative estimate of drug-likeness (QED) is 0.745. The Morgan fingerprint density at radius 1 is 0.789 bits per heavy atom. The van der Waals surface area contributed by atoms with E-state index >= 15 is 0 Å². The molecular formula is C11H6F7N. The molecule has 0 saturated heterocycles. The molecule has 2 aromatic rings. The maximum absolute atomic E-state index is 13.7. The normalized spacial score (nSPS) is 14.1. The summed E-state index contributed by atoms with van der Waals surface area (Å²) in [5, 5.41) is 0.385. The number of hydrogen-bond acceptors (Lipinski definition) is 0. The van der Waals surface area contributed by atoms with Crippen molar-refractivity contribution >= 4 is 10.9 Å². The van der Waals surface area contributed by atoms with Crippen molar-refractivity contribution in [1.29, 1.82) is 0 Å². The van der Waals surface area contributed by atoms with Crippen LogP contribution in [0.3, 0.4) is 0 Å². The van der Waals surface area contributed by atoms with Gasteiger partial charge in [-0.1, -0.05) is 12.1 Å². The third-order valence-electron chi connectivity index (χ3n) is 2.73. The zero-order valence-corrected chi connectivity index (χ0v) is 9.03. The molecule has 0 amide bonds. The number of fused-ring (bicyclic) bond motifs is 1. The Kier molecular flexibility index (Phi) is 2.80. The highest BCUT2D eigenvalue weighted by Crippen LogP contribution is 2.53. The molecule has 0 bridgehead atoms. The zero-order chi connectivity index (χ0) is 14.5. The number of rotatable bonds is 1. The molecule has 0 aliphatic carbocycles. The molecule has 19 heavy (non-hydrogen) atoms. The summed E-state index contributed by atoms with van der Waals surface area (Å²) in [5.41, 5.74) is -6.89. The number of hydrogen-bond donors (Lipinski definition) is 1. The van der Waals surface area contributed by atoms with Crippen molar-refractivity contribution in [2.45, 2.75) is 18.0 Å². The van der Waals surface area contributed by atoms with Crippen molar-refractivity contribution in [1.82, 2.24) is 4.98 Å². The van der Waals surface area contributed by atoms with Gasteiger partial charge in [-0.15, -0.1) is 0 Å². The fourth-order valence-electron chi connectivity index (χ4n) is 1.75. The van der Waals surface area contributed by atoms with Crippen molar-refractivity contribution < 1.29 is 30.7 Å². The van der Waals surface area contributed by atoms with Crippen LogP contribution in [0.4, 0.5) is 30.7 Å². The average Bonchev–Trinajstić information content (AvgIpc) is 2.71. The number of aromatic amines is 1. The van der Waals surface area contributed by atoms with Crippen molar-refractivity contribution in [2.24, 2.45) is 0 Å². The molecule has 0 fully saturated rings. The molecule has 0 atom stereocenters. The van der Waals surface area contributed by atoms with Gasteiger partial charge in [-0.2, -0.15) is 26.3 Å². The molecule has 8 heteroatoms. The molecule has 1 nitrogen and oxygen atoms in total. The third-order valence-corrected chi connectivity index (χ3v) is 2.73. The van der Waals surface area contributed by atoms with E-state index in [1.54, 1.807) is 0 Å². The fourth-order valence-corrected chi connectivity index (χ4v) is 1.75. The summed E-state index contributed by atoms with van der Waals surface area (Å²) in [6.45, 7) is 0. The Morgan fingerprint density at radius 2 is 1.37 bits per heavy atom. The number of aromatic nitrogens is 1. The number of nitrogens with one attached hydrogen (secondary N) is 1. The minimum Gasteiger partial charge on any atom is -0.361 e. The van der Waals surface area contributed by atoms with Crippen LogP contribution in [0, 0.1) is 0 Å². The molecule has 0 radical (unpaired) electrons. The summed E-state index contributed by atoms with van der Waals surface area (Å²) in [5.74, 6) is 0. The van der Waals surface area contributed by atoms with E-state index in [0.717, 1.165) is 6.07 Å². The van der Waals surface area contributed by atoms with Gasteiger partial charge < -0.3 is 4.98 Å². The van der Waals surface area contributed by atoms with E-state index < -0.39 is 23.6 Å². The minimum absolute atomic E-state index is 0.00646. The fraction of sp³-hybridized carbons (Fsp3) is 0.273. The summed E-state index contributed by atoms with van der Waals surface area (Å²) in [6, 6.07) is 3.43. The van der Waals surface area contributed by atoms with Crippen molar-refractivity contribution in [3.05, 3.63) is 36.0 Å². The van der Waals surface area contributed by atoms with Gasteiger partial charge in [0.1, 0.15) is 0 Å². The molecular weight excluding hydrogens is 279 g/mol. The van der Waals surface area contributed by atoms with E-state index in [4.69, 9.17) is 0 Å². The van der Waals surface area contributed by atoms with Gasteiger partial charge in [0.05, 0.1) is 0 Å². The molecule has 0 spiro atoms. The lowest BCUT2D eigenvalue weighted by Gasteiger charge is -2.30. The summed E-state index contributed by atoms with van der Waals surface area (Å²) in [6.07, 6.45) is -10.9. The average molecular weight is 285 g/mol. The third kappa shape index (κ3) is 1.95. The van der Waals surface area contributed by atoms with E-state index in [-0.39, 0.29) is 5.52 Å². The zero-order valence-electron chi connectivity index (χ0n) is 9.03. The Labute approximate surface area is 102 Å². The smallest absolute Gasteiger partial charge is 0.361 e.